The first-order chi connectivity index (χ1) is 18.9. The smallest absolute Gasteiger partial charge is 0.255 e. The number of aryl methyl sites for hydroxylation is 1. The van der Waals surface area contributed by atoms with E-state index < -0.39 is 0 Å². The van der Waals surface area contributed by atoms with Gasteiger partial charge in [-0.2, -0.15) is 0 Å². The Hall–Kier alpha value is -4.65. The Morgan fingerprint density at radius 2 is 1.69 bits per heavy atom. The summed E-state index contributed by atoms with van der Waals surface area (Å²) in [4.78, 5) is 34.6. The first kappa shape index (κ1) is 24.7. The number of rotatable bonds is 7. The summed E-state index contributed by atoms with van der Waals surface area (Å²) in [5.74, 6) is -0.216. The molecule has 2 aromatic heterocycles. The van der Waals surface area contributed by atoms with Crippen LogP contribution in [0.2, 0.25) is 0 Å². The number of fused-ring (bicyclic) bond motifs is 1. The van der Waals surface area contributed by atoms with E-state index in [2.05, 4.69) is 15.3 Å². The number of halogens is 1. The predicted octanol–water partition coefficient (Wildman–Crippen LogP) is 6.67. The molecule has 1 N–H and O–H groups in total. The van der Waals surface area contributed by atoms with Gasteiger partial charge in [0.05, 0.1) is 5.56 Å². The molecule has 6 nitrogen and oxygen atoms in total. The number of Topliss-reactive ketones (excluding diaryl/α,β-unsaturated/α-hetero) is 1. The molecule has 1 saturated carbocycles. The number of carbonyl (C=O) groups excluding carboxylic acids is 2. The van der Waals surface area contributed by atoms with Gasteiger partial charge in [-0.15, -0.1) is 0 Å². The Morgan fingerprint density at radius 3 is 2.38 bits per heavy atom. The van der Waals surface area contributed by atoms with Crippen molar-refractivity contribution in [2.24, 2.45) is 0 Å². The zero-order valence-corrected chi connectivity index (χ0v) is 21.6. The summed E-state index contributed by atoms with van der Waals surface area (Å²) in [6.45, 7) is 2.00. The molecule has 3 aromatic carbocycles. The topological polar surface area (TPSA) is 85.1 Å². The summed E-state index contributed by atoms with van der Waals surface area (Å²) in [5, 5.41) is 3.33. The molecule has 1 fully saturated rings. The maximum atomic E-state index is 13.5. The van der Waals surface area contributed by atoms with E-state index in [-0.39, 0.29) is 22.9 Å². The Balaban J connectivity index is 1.39. The lowest BCUT2D eigenvalue weighted by molar-refractivity contribution is 0.0958. The van der Waals surface area contributed by atoms with Crippen LogP contribution in [0.5, 0.6) is 0 Å². The SMILES string of the molecule is CNC(=O)c1c(-c2ccc(F)cc2)oc2ccc(-c3cc(C(=O)CC4(c5cncnc5)CC4)ccc3C)cc12. The Morgan fingerprint density at radius 1 is 0.974 bits per heavy atom. The van der Waals surface area contributed by atoms with Crippen molar-refractivity contribution in [1.82, 2.24) is 15.3 Å². The third-order valence-corrected chi connectivity index (χ3v) is 7.64. The summed E-state index contributed by atoms with van der Waals surface area (Å²) < 4.78 is 19.6. The van der Waals surface area contributed by atoms with Crippen LogP contribution in [-0.2, 0) is 5.41 Å². The number of benzene rings is 3. The van der Waals surface area contributed by atoms with Gasteiger partial charge in [0.1, 0.15) is 23.5 Å². The number of hydrogen-bond acceptors (Lipinski definition) is 5. The van der Waals surface area contributed by atoms with Gasteiger partial charge in [0.25, 0.3) is 5.91 Å². The summed E-state index contributed by atoms with van der Waals surface area (Å²) in [5.41, 5.74) is 5.78. The summed E-state index contributed by atoms with van der Waals surface area (Å²) in [6.07, 6.45) is 7.41. The van der Waals surface area contributed by atoms with Crippen LogP contribution in [0.4, 0.5) is 4.39 Å². The molecule has 0 spiro atoms. The van der Waals surface area contributed by atoms with Gasteiger partial charge in [-0.05, 0) is 84.5 Å². The van der Waals surface area contributed by atoms with Gasteiger partial charge < -0.3 is 9.73 Å². The maximum Gasteiger partial charge on any atom is 0.255 e. The largest absolute Gasteiger partial charge is 0.455 e. The number of nitrogens with one attached hydrogen (secondary N) is 1. The predicted molar refractivity (Wildman–Crippen MR) is 147 cm³/mol. The molecular formula is C32H26FN3O3. The fraction of sp³-hybridized carbons (Fsp3) is 0.188. The van der Waals surface area contributed by atoms with Crippen molar-refractivity contribution in [2.45, 2.75) is 31.6 Å². The number of carbonyl (C=O) groups is 2. The first-order valence-electron chi connectivity index (χ1n) is 12.8. The lowest BCUT2D eigenvalue weighted by Gasteiger charge is -2.15. The summed E-state index contributed by atoms with van der Waals surface area (Å²) in [6, 6.07) is 17.3. The second-order valence-electron chi connectivity index (χ2n) is 10.1. The lowest BCUT2D eigenvalue weighted by atomic mass is 9.88. The number of aromatic nitrogens is 2. The minimum atomic E-state index is -0.367. The number of furan rings is 1. The quantitative estimate of drug-likeness (QED) is 0.243. The highest BCUT2D eigenvalue weighted by Gasteiger charge is 2.46. The molecule has 1 aliphatic rings. The number of hydrogen-bond donors (Lipinski definition) is 1. The van der Waals surface area contributed by atoms with E-state index in [1.165, 1.54) is 18.5 Å². The zero-order chi connectivity index (χ0) is 27.1. The minimum Gasteiger partial charge on any atom is -0.455 e. The molecule has 7 heteroatoms. The molecule has 0 bridgehead atoms. The standard InChI is InChI=1S/C32H26FN3O3/c1-19-3-4-22(27(37)15-32(11-12-32)23-16-35-18-36-17-23)14-25(19)21-7-10-28-26(13-21)29(31(38)34-2)30(39-28)20-5-8-24(33)9-6-20/h3-10,13-14,16-18H,11-12,15H2,1-2H3,(H,34,38). The van der Waals surface area contributed by atoms with E-state index in [1.54, 1.807) is 31.6 Å². The van der Waals surface area contributed by atoms with Crippen LogP contribution >= 0.6 is 0 Å². The van der Waals surface area contributed by atoms with E-state index in [1.807, 2.05) is 43.3 Å². The molecule has 6 rings (SSSR count). The van der Waals surface area contributed by atoms with E-state index >= 15 is 0 Å². The van der Waals surface area contributed by atoms with Crippen molar-refractivity contribution in [2.75, 3.05) is 7.05 Å². The molecule has 2 heterocycles. The van der Waals surface area contributed by atoms with Gasteiger partial charge >= 0.3 is 0 Å². The van der Waals surface area contributed by atoms with Crippen LogP contribution in [0.3, 0.4) is 0 Å². The molecule has 0 radical (unpaired) electrons. The van der Waals surface area contributed by atoms with Crippen molar-refractivity contribution in [3.05, 3.63) is 107 Å². The Labute approximate surface area is 224 Å². The highest BCUT2D eigenvalue weighted by molar-refractivity contribution is 6.12. The zero-order valence-electron chi connectivity index (χ0n) is 21.6. The van der Waals surface area contributed by atoms with E-state index in [4.69, 9.17) is 4.42 Å². The molecule has 1 amide bonds. The second-order valence-corrected chi connectivity index (χ2v) is 10.1. The van der Waals surface area contributed by atoms with Gasteiger partial charge in [-0.25, -0.2) is 14.4 Å². The molecule has 0 unspecified atom stereocenters. The summed E-state index contributed by atoms with van der Waals surface area (Å²) >= 11 is 0. The third-order valence-electron chi connectivity index (χ3n) is 7.64. The fourth-order valence-electron chi connectivity index (χ4n) is 5.23. The highest BCUT2D eigenvalue weighted by atomic mass is 19.1. The average Bonchev–Trinajstić information content (AvgIpc) is 3.65. The molecule has 39 heavy (non-hydrogen) atoms. The van der Waals surface area contributed by atoms with E-state index in [9.17, 15) is 14.0 Å². The van der Waals surface area contributed by atoms with Crippen LogP contribution in [0.25, 0.3) is 33.4 Å². The van der Waals surface area contributed by atoms with Gasteiger partial charge in [0, 0.05) is 47.8 Å². The number of amides is 1. The highest BCUT2D eigenvalue weighted by Crippen LogP contribution is 2.51. The van der Waals surface area contributed by atoms with Gasteiger partial charge in [-0.1, -0.05) is 18.2 Å². The van der Waals surface area contributed by atoms with Crippen molar-refractivity contribution in [3.8, 4) is 22.5 Å². The van der Waals surface area contributed by atoms with Crippen LogP contribution < -0.4 is 5.32 Å². The molecule has 0 aliphatic heterocycles. The molecule has 1 aliphatic carbocycles. The molecular weight excluding hydrogens is 493 g/mol. The minimum absolute atomic E-state index is 0.0756. The van der Waals surface area contributed by atoms with Gasteiger partial charge in [0.2, 0.25) is 0 Å². The molecule has 0 atom stereocenters. The normalized spacial score (nSPS) is 13.8. The Bertz CT molecular complexity index is 1720. The van der Waals surface area contributed by atoms with Crippen molar-refractivity contribution in [1.29, 1.82) is 0 Å². The van der Waals surface area contributed by atoms with Gasteiger partial charge in [-0.3, -0.25) is 9.59 Å². The lowest BCUT2D eigenvalue weighted by Crippen LogP contribution is -2.18. The van der Waals surface area contributed by atoms with Crippen molar-refractivity contribution >= 4 is 22.7 Å². The molecule has 5 aromatic rings. The van der Waals surface area contributed by atoms with Crippen LogP contribution in [0.15, 0.2) is 83.8 Å². The molecule has 0 saturated heterocycles. The first-order valence-corrected chi connectivity index (χ1v) is 12.8. The second kappa shape index (κ2) is 9.58. The fourth-order valence-corrected chi connectivity index (χ4v) is 5.23. The summed E-state index contributed by atoms with van der Waals surface area (Å²) in [7, 11) is 1.56. The van der Waals surface area contributed by atoms with Crippen LogP contribution in [0.1, 0.15) is 51.1 Å². The van der Waals surface area contributed by atoms with E-state index in [0.29, 0.717) is 39.8 Å². The Kier molecular flexibility index (Phi) is 6.06. The third kappa shape index (κ3) is 4.50. The van der Waals surface area contributed by atoms with Crippen molar-refractivity contribution in [3.63, 3.8) is 0 Å². The molecule has 194 valence electrons. The monoisotopic (exact) mass is 519 g/mol. The number of nitrogens with zero attached hydrogens (tertiary/aromatic N) is 2. The van der Waals surface area contributed by atoms with Crippen molar-refractivity contribution < 1.29 is 18.4 Å². The van der Waals surface area contributed by atoms with E-state index in [0.717, 1.165) is 35.1 Å². The van der Waals surface area contributed by atoms with Gasteiger partial charge in [0.15, 0.2) is 5.78 Å². The van der Waals surface area contributed by atoms with Crippen LogP contribution in [-0.4, -0.2) is 28.7 Å². The van der Waals surface area contributed by atoms with Crippen LogP contribution in [0, 0.1) is 12.7 Å². The number of ketones is 1. The maximum absolute atomic E-state index is 13.5. The average molecular weight is 520 g/mol.